The highest BCUT2D eigenvalue weighted by atomic mass is 35.5. The van der Waals surface area contributed by atoms with Crippen molar-refractivity contribution in [3.05, 3.63) is 88.4 Å². The van der Waals surface area contributed by atoms with E-state index in [0.29, 0.717) is 16.9 Å². The smallest absolute Gasteiger partial charge is 0.343 e. The van der Waals surface area contributed by atoms with Gasteiger partial charge in [-0.05, 0) is 54.1 Å². The predicted octanol–water partition coefficient (Wildman–Crippen LogP) is 3.85. The van der Waals surface area contributed by atoms with E-state index in [9.17, 15) is 14.4 Å². The molecule has 36 heavy (non-hydrogen) atoms. The zero-order valence-corrected chi connectivity index (χ0v) is 20.3. The molecule has 0 spiro atoms. The number of carboxylic acids is 1. The van der Waals surface area contributed by atoms with Gasteiger partial charge in [0.1, 0.15) is 5.75 Å². The van der Waals surface area contributed by atoms with Crippen molar-refractivity contribution in [3.8, 4) is 5.75 Å². The molecule has 0 saturated heterocycles. The van der Waals surface area contributed by atoms with E-state index in [2.05, 4.69) is 4.99 Å². The molecule has 3 aromatic carbocycles. The summed E-state index contributed by atoms with van der Waals surface area (Å²) in [6.45, 7) is 0.194. The summed E-state index contributed by atoms with van der Waals surface area (Å²) < 4.78 is 5.38. The molecule has 10 nitrogen and oxygen atoms in total. The fourth-order valence-corrected chi connectivity index (χ4v) is 3.61. The fraction of sp³-hybridized carbons (Fsp3) is 0.120. The Labute approximate surface area is 212 Å². The van der Waals surface area contributed by atoms with Crippen LogP contribution in [0.5, 0.6) is 5.75 Å². The molecule has 186 valence electrons. The van der Waals surface area contributed by atoms with Crippen LogP contribution in [0.2, 0.25) is 5.02 Å². The first-order valence-corrected chi connectivity index (χ1v) is 11.0. The number of rotatable bonds is 7. The number of urea groups is 1. The summed E-state index contributed by atoms with van der Waals surface area (Å²) in [5.41, 5.74) is 12.6. The lowest BCUT2D eigenvalue weighted by atomic mass is 10.1. The van der Waals surface area contributed by atoms with Gasteiger partial charge in [-0.1, -0.05) is 23.7 Å². The van der Waals surface area contributed by atoms with Crippen LogP contribution in [-0.4, -0.2) is 48.0 Å². The molecule has 2 amide bonds. The molecule has 0 unspecified atom stereocenters. The van der Waals surface area contributed by atoms with Crippen LogP contribution in [0.25, 0.3) is 0 Å². The van der Waals surface area contributed by atoms with E-state index < -0.39 is 11.9 Å². The van der Waals surface area contributed by atoms with Crippen molar-refractivity contribution in [1.29, 1.82) is 0 Å². The number of ether oxygens (including phenoxy) is 1. The summed E-state index contributed by atoms with van der Waals surface area (Å²) in [7, 11) is 3.15. The number of hydrogen-bond donors (Lipinski definition) is 3. The molecule has 0 aliphatic rings. The van der Waals surface area contributed by atoms with Gasteiger partial charge < -0.3 is 26.2 Å². The Morgan fingerprint density at radius 1 is 0.972 bits per heavy atom. The van der Waals surface area contributed by atoms with Crippen molar-refractivity contribution >= 4 is 46.9 Å². The van der Waals surface area contributed by atoms with Gasteiger partial charge in [0.15, 0.2) is 5.96 Å². The van der Waals surface area contributed by atoms with Gasteiger partial charge in [0.2, 0.25) is 0 Å². The maximum atomic E-state index is 12.9. The molecule has 0 radical (unpaired) electrons. The van der Waals surface area contributed by atoms with Crippen molar-refractivity contribution in [1.82, 2.24) is 4.90 Å². The van der Waals surface area contributed by atoms with Gasteiger partial charge in [-0.25, -0.2) is 19.4 Å². The molecular formula is C25H24ClN5O5. The maximum absolute atomic E-state index is 12.9. The van der Waals surface area contributed by atoms with Gasteiger partial charge in [-0.3, -0.25) is 4.90 Å². The highest BCUT2D eigenvalue weighted by Crippen LogP contribution is 2.30. The van der Waals surface area contributed by atoms with Crippen molar-refractivity contribution < 1.29 is 24.2 Å². The van der Waals surface area contributed by atoms with E-state index in [1.54, 1.807) is 44.4 Å². The van der Waals surface area contributed by atoms with Crippen LogP contribution < -0.4 is 21.1 Å². The van der Waals surface area contributed by atoms with E-state index in [0.717, 1.165) is 0 Å². The summed E-state index contributed by atoms with van der Waals surface area (Å²) >= 11 is 6.38. The number of benzene rings is 3. The van der Waals surface area contributed by atoms with Crippen LogP contribution in [0.4, 0.5) is 16.2 Å². The molecule has 3 rings (SSSR count). The van der Waals surface area contributed by atoms with Crippen LogP contribution in [-0.2, 0) is 6.54 Å². The first kappa shape index (κ1) is 26.0. The quantitative estimate of drug-likeness (QED) is 0.189. The Morgan fingerprint density at radius 3 is 2.28 bits per heavy atom. The number of carbonyl (C=O) groups is 3. The van der Waals surface area contributed by atoms with Crippen molar-refractivity contribution in [2.24, 2.45) is 16.5 Å². The second-order valence-electron chi connectivity index (χ2n) is 7.79. The zero-order valence-electron chi connectivity index (χ0n) is 19.5. The molecule has 0 heterocycles. The van der Waals surface area contributed by atoms with E-state index in [1.807, 2.05) is 0 Å². The van der Waals surface area contributed by atoms with Crippen LogP contribution in [0.3, 0.4) is 0 Å². The molecule has 11 heteroatoms. The third-order valence-corrected chi connectivity index (χ3v) is 5.36. The first-order chi connectivity index (χ1) is 17.0. The monoisotopic (exact) mass is 509 g/mol. The maximum Gasteiger partial charge on any atom is 0.343 e. The standard InChI is InChI=1S/C25H24ClN5O5/c1-30(14-15-4-3-5-17(12-15)22(32)33)25(35)31(2)21-11-10-19(13-20(21)26)36-23(34)16-6-8-18(9-7-16)29-24(27)28/h3-13H,14H2,1-2H3,(H,32,33)(H4,27,28,29). The van der Waals surface area contributed by atoms with Crippen molar-refractivity contribution in [2.75, 3.05) is 19.0 Å². The number of nitrogens with zero attached hydrogens (tertiary/aromatic N) is 3. The number of halogens is 1. The Bertz CT molecular complexity index is 1320. The minimum atomic E-state index is -1.04. The van der Waals surface area contributed by atoms with E-state index in [1.165, 1.54) is 46.2 Å². The number of aromatic carboxylic acids is 1. The van der Waals surface area contributed by atoms with Gasteiger partial charge in [0.05, 0.1) is 27.5 Å². The lowest BCUT2D eigenvalue weighted by Gasteiger charge is -2.26. The van der Waals surface area contributed by atoms with Crippen molar-refractivity contribution in [3.63, 3.8) is 0 Å². The molecule has 0 aliphatic carbocycles. The van der Waals surface area contributed by atoms with Crippen LogP contribution in [0, 0.1) is 0 Å². The van der Waals surface area contributed by atoms with E-state index >= 15 is 0 Å². The highest BCUT2D eigenvalue weighted by Gasteiger charge is 2.20. The Hall–Kier alpha value is -4.57. The number of esters is 1. The average Bonchev–Trinajstić information content (AvgIpc) is 2.83. The van der Waals surface area contributed by atoms with Crippen LogP contribution >= 0.6 is 11.6 Å². The molecule has 5 N–H and O–H groups in total. The fourth-order valence-electron chi connectivity index (χ4n) is 3.31. The number of anilines is 1. The zero-order chi connectivity index (χ0) is 26.4. The third-order valence-electron chi connectivity index (χ3n) is 5.06. The van der Waals surface area contributed by atoms with Crippen LogP contribution in [0.1, 0.15) is 26.3 Å². The second kappa shape index (κ2) is 11.2. The lowest BCUT2D eigenvalue weighted by molar-refractivity contribution is 0.0694. The van der Waals surface area contributed by atoms with Gasteiger partial charge in [-0.2, -0.15) is 0 Å². The Morgan fingerprint density at radius 2 is 1.67 bits per heavy atom. The summed E-state index contributed by atoms with van der Waals surface area (Å²) in [5, 5.41) is 9.35. The predicted molar refractivity (Wildman–Crippen MR) is 137 cm³/mol. The normalized spacial score (nSPS) is 10.3. The Kier molecular flexibility index (Phi) is 8.13. The summed E-state index contributed by atoms with van der Waals surface area (Å²) in [6.07, 6.45) is 0. The largest absolute Gasteiger partial charge is 0.478 e. The summed E-state index contributed by atoms with van der Waals surface area (Å²) in [4.78, 5) is 43.2. The minimum Gasteiger partial charge on any atom is -0.478 e. The number of aliphatic imine (C=N–C) groups is 1. The van der Waals surface area contributed by atoms with Crippen molar-refractivity contribution in [2.45, 2.75) is 6.54 Å². The van der Waals surface area contributed by atoms with E-state index in [-0.39, 0.29) is 40.4 Å². The molecule has 0 bridgehead atoms. The summed E-state index contributed by atoms with van der Waals surface area (Å²) in [6, 6.07) is 16.7. The topological polar surface area (TPSA) is 152 Å². The molecule has 3 aromatic rings. The lowest BCUT2D eigenvalue weighted by Crippen LogP contribution is -2.38. The molecule has 0 aromatic heterocycles. The number of carbonyl (C=O) groups excluding carboxylic acids is 2. The number of carboxylic acid groups (broad SMARTS) is 1. The molecule has 0 saturated carbocycles. The first-order valence-electron chi connectivity index (χ1n) is 10.6. The number of hydrogen-bond acceptors (Lipinski definition) is 5. The van der Waals surface area contributed by atoms with Gasteiger partial charge in [0, 0.05) is 26.7 Å². The summed E-state index contributed by atoms with van der Waals surface area (Å²) in [5.74, 6) is -1.55. The average molecular weight is 510 g/mol. The number of nitrogens with two attached hydrogens (primary N) is 2. The molecule has 0 fully saturated rings. The molecular weight excluding hydrogens is 486 g/mol. The van der Waals surface area contributed by atoms with Gasteiger partial charge in [-0.15, -0.1) is 0 Å². The van der Waals surface area contributed by atoms with E-state index in [4.69, 9.17) is 32.9 Å². The minimum absolute atomic E-state index is 0.0953. The highest BCUT2D eigenvalue weighted by molar-refractivity contribution is 6.34. The second-order valence-corrected chi connectivity index (χ2v) is 8.20. The number of amides is 2. The number of guanidine groups is 1. The molecule has 0 aliphatic heterocycles. The van der Waals surface area contributed by atoms with Gasteiger partial charge in [0.25, 0.3) is 0 Å². The SMILES string of the molecule is CN(Cc1cccc(C(=O)O)c1)C(=O)N(C)c1ccc(OC(=O)c2ccc(N=C(N)N)cc2)cc1Cl. The Balaban J connectivity index is 1.67. The third kappa shape index (κ3) is 6.51. The van der Waals surface area contributed by atoms with Gasteiger partial charge >= 0.3 is 18.0 Å². The molecule has 0 atom stereocenters. The van der Waals surface area contributed by atoms with Crippen LogP contribution in [0.15, 0.2) is 71.7 Å².